The zero-order valence-corrected chi connectivity index (χ0v) is 18.1. The second kappa shape index (κ2) is 11.9. The fraction of sp³-hybridized carbons (Fsp3) is 0.400. The Morgan fingerprint density at radius 1 is 0.719 bits per heavy atom. The third-order valence-electron chi connectivity index (χ3n) is 5.30. The number of carbonyl (C=O) groups is 3. The van der Waals surface area contributed by atoms with Crippen LogP contribution in [0.2, 0.25) is 0 Å². The lowest BCUT2D eigenvalue weighted by Gasteiger charge is -2.15. The molecule has 2 aromatic rings. The van der Waals surface area contributed by atoms with Crippen LogP contribution in [0.15, 0.2) is 48.5 Å². The average Bonchev–Trinajstić information content (AvgIpc) is 3.04. The Balaban J connectivity index is 1.35. The second-order valence-corrected chi connectivity index (χ2v) is 7.72. The van der Waals surface area contributed by atoms with Gasteiger partial charge in [-0.1, -0.05) is 37.1 Å². The van der Waals surface area contributed by atoms with Crippen LogP contribution in [0.3, 0.4) is 0 Å². The highest BCUT2D eigenvalue weighted by atomic mass is 16.5. The summed E-state index contributed by atoms with van der Waals surface area (Å²) in [5.41, 5.74) is 0.948. The van der Waals surface area contributed by atoms with E-state index in [-0.39, 0.29) is 18.2 Å². The molecule has 1 aliphatic heterocycles. The summed E-state index contributed by atoms with van der Waals surface area (Å²) in [5, 5.41) is 8.64. The Hall–Kier alpha value is -3.35. The van der Waals surface area contributed by atoms with Gasteiger partial charge in [0, 0.05) is 13.0 Å². The third kappa shape index (κ3) is 6.33. The van der Waals surface area contributed by atoms with Crippen LogP contribution in [0, 0.1) is 0 Å². The van der Waals surface area contributed by atoms with Crippen LogP contribution in [-0.4, -0.2) is 47.5 Å². The highest BCUT2D eigenvalue weighted by Gasteiger charge is 2.34. The highest BCUT2D eigenvalue weighted by Crippen LogP contribution is 2.27. The van der Waals surface area contributed by atoms with Crippen LogP contribution in [0.4, 0.5) is 0 Å². The highest BCUT2D eigenvalue weighted by molar-refractivity contribution is 6.21. The van der Waals surface area contributed by atoms with Crippen LogP contribution >= 0.6 is 0 Å². The Morgan fingerprint density at radius 3 is 1.78 bits per heavy atom. The smallest absolute Gasteiger partial charge is 0.303 e. The van der Waals surface area contributed by atoms with E-state index in [1.165, 1.54) is 4.90 Å². The van der Waals surface area contributed by atoms with Crippen LogP contribution in [0.1, 0.15) is 65.7 Å². The number of hydrogen-bond acceptors (Lipinski definition) is 5. The molecule has 0 aromatic heterocycles. The molecule has 0 spiro atoms. The largest absolute Gasteiger partial charge is 0.490 e. The fourth-order valence-corrected chi connectivity index (χ4v) is 3.60. The van der Waals surface area contributed by atoms with Crippen LogP contribution in [-0.2, 0) is 4.79 Å². The molecule has 1 aliphatic rings. The molecule has 32 heavy (non-hydrogen) atoms. The lowest BCUT2D eigenvalue weighted by atomic mass is 10.1. The van der Waals surface area contributed by atoms with Crippen molar-refractivity contribution in [2.75, 3.05) is 19.8 Å². The van der Waals surface area contributed by atoms with Crippen molar-refractivity contribution in [3.05, 3.63) is 59.7 Å². The molecule has 170 valence electrons. The van der Waals surface area contributed by atoms with Crippen molar-refractivity contribution in [3.63, 3.8) is 0 Å². The van der Waals surface area contributed by atoms with Gasteiger partial charge in [-0.25, -0.2) is 0 Å². The number of carbonyl (C=O) groups excluding carboxylic acids is 2. The number of aliphatic carboxylic acids is 1. The summed E-state index contributed by atoms with van der Waals surface area (Å²) in [7, 11) is 0. The summed E-state index contributed by atoms with van der Waals surface area (Å²) in [6.07, 6.45) is 4.92. The first-order chi connectivity index (χ1) is 15.6. The molecule has 3 rings (SSSR count). The Morgan fingerprint density at radius 2 is 1.22 bits per heavy atom. The predicted molar refractivity (Wildman–Crippen MR) is 119 cm³/mol. The maximum absolute atomic E-state index is 12.4. The van der Waals surface area contributed by atoms with Gasteiger partial charge in [0.2, 0.25) is 0 Å². The van der Waals surface area contributed by atoms with Gasteiger partial charge >= 0.3 is 5.97 Å². The molecule has 0 radical (unpaired) electrons. The second-order valence-electron chi connectivity index (χ2n) is 7.72. The van der Waals surface area contributed by atoms with Crippen molar-refractivity contribution < 1.29 is 29.0 Å². The number of carboxylic acid groups (broad SMARTS) is 1. The first kappa shape index (κ1) is 23.3. The quantitative estimate of drug-likeness (QED) is 0.343. The monoisotopic (exact) mass is 439 g/mol. The fourth-order valence-electron chi connectivity index (χ4n) is 3.60. The Labute approximate surface area is 187 Å². The topological polar surface area (TPSA) is 93.1 Å². The minimum Gasteiger partial charge on any atom is -0.490 e. The lowest BCUT2D eigenvalue weighted by Crippen LogP contribution is -2.30. The first-order valence-electron chi connectivity index (χ1n) is 11.1. The van der Waals surface area contributed by atoms with Crippen molar-refractivity contribution in [2.45, 2.75) is 44.9 Å². The van der Waals surface area contributed by atoms with Crippen molar-refractivity contribution in [1.82, 2.24) is 4.90 Å². The molecule has 7 heteroatoms. The molecule has 0 saturated carbocycles. The number of carboxylic acids is 1. The molecule has 0 unspecified atom stereocenters. The molecule has 2 amide bonds. The summed E-state index contributed by atoms with van der Waals surface area (Å²) in [4.78, 5) is 36.6. The first-order valence-corrected chi connectivity index (χ1v) is 11.1. The van der Waals surface area contributed by atoms with Crippen molar-refractivity contribution in [2.24, 2.45) is 0 Å². The van der Waals surface area contributed by atoms with Gasteiger partial charge in [-0.3, -0.25) is 19.3 Å². The summed E-state index contributed by atoms with van der Waals surface area (Å²) >= 11 is 0. The number of hydrogen-bond donors (Lipinski definition) is 1. The zero-order chi connectivity index (χ0) is 22.8. The van der Waals surface area contributed by atoms with Gasteiger partial charge in [0.1, 0.15) is 0 Å². The molecule has 1 heterocycles. The number of benzene rings is 2. The van der Waals surface area contributed by atoms with Crippen LogP contribution < -0.4 is 9.47 Å². The number of nitrogens with zero attached hydrogens (tertiary/aromatic N) is 1. The van der Waals surface area contributed by atoms with E-state index in [0.29, 0.717) is 61.6 Å². The van der Waals surface area contributed by atoms with E-state index >= 15 is 0 Å². The van der Waals surface area contributed by atoms with Gasteiger partial charge in [-0.2, -0.15) is 0 Å². The van der Waals surface area contributed by atoms with E-state index in [2.05, 4.69) is 0 Å². The summed E-state index contributed by atoms with van der Waals surface area (Å²) < 4.78 is 11.7. The molecule has 7 nitrogen and oxygen atoms in total. The molecule has 0 atom stereocenters. The number of ether oxygens (including phenoxy) is 2. The molecule has 0 fully saturated rings. The summed E-state index contributed by atoms with van der Waals surface area (Å²) in [6.45, 7) is 1.38. The van der Waals surface area contributed by atoms with Gasteiger partial charge in [0.05, 0.1) is 24.3 Å². The molecular formula is C25H29NO6. The number of unbranched alkanes of at least 4 members (excludes halogenated alkanes) is 4. The third-order valence-corrected chi connectivity index (χ3v) is 5.30. The van der Waals surface area contributed by atoms with E-state index in [0.717, 1.165) is 19.3 Å². The molecule has 1 N–H and O–H groups in total. The van der Waals surface area contributed by atoms with Crippen LogP contribution in [0.25, 0.3) is 0 Å². The van der Waals surface area contributed by atoms with E-state index in [9.17, 15) is 14.4 Å². The van der Waals surface area contributed by atoms with Gasteiger partial charge in [0.15, 0.2) is 11.5 Å². The maximum atomic E-state index is 12.4. The summed E-state index contributed by atoms with van der Waals surface area (Å²) in [6, 6.07) is 14.4. The van der Waals surface area contributed by atoms with Crippen molar-refractivity contribution in [3.8, 4) is 11.5 Å². The van der Waals surface area contributed by atoms with E-state index in [1.54, 1.807) is 24.3 Å². The molecule has 0 aliphatic carbocycles. The number of fused-ring (bicyclic) bond motifs is 1. The van der Waals surface area contributed by atoms with Crippen molar-refractivity contribution >= 4 is 17.8 Å². The molecule has 0 saturated heterocycles. The van der Waals surface area contributed by atoms with Gasteiger partial charge in [0.25, 0.3) is 11.8 Å². The average molecular weight is 440 g/mol. The SMILES string of the molecule is O=C(O)CCCCCCOc1ccccc1OCCCCN1C(=O)c2ccccc2C1=O. The molecule has 2 aromatic carbocycles. The minimum atomic E-state index is -0.754. The number of amides is 2. The van der Waals surface area contributed by atoms with Crippen molar-refractivity contribution in [1.29, 1.82) is 0 Å². The molecular weight excluding hydrogens is 410 g/mol. The standard InChI is InChI=1S/C25H29NO6/c27-23(28)15-3-1-2-9-17-31-21-13-6-7-14-22(21)32-18-10-8-16-26-24(29)19-11-4-5-12-20(19)25(26)30/h4-7,11-14H,1-3,8-10,15-18H2,(H,27,28). The van der Waals surface area contributed by atoms with E-state index in [4.69, 9.17) is 14.6 Å². The lowest BCUT2D eigenvalue weighted by molar-refractivity contribution is -0.137. The normalized spacial score (nSPS) is 12.7. The minimum absolute atomic E-state index is 0.213. The Kier molecular flexibility index (Phi) is 8.66. The number of rotatable bonds is 14. The van der Waals surface area contributed by atoms with E-state index < -0.39 is 5.97 Å². The zero-order valence-electron chi connectivity index (χ0n) is 18.1. The van der Waals surface area contributed by atoms with Crippen LogP contribution in [0.5, 0.6) is 11.5 Å². The summed E-state index contributed by atoms with van der Waals surface area (Å²) in [5.74, 6) is 0.134. The van der Waals surface area contributed by atoms with Gasteiger partial charge in [-0.05, 0) is 49.9 Å². The number of imide groups is 1. The number of para-hydroxylation sites is 2. The predicted octanol–water partition coefficient (Wildman–Crippen LogP) is 4.56. The van der Waals surface area contributed by atoms with Gasteiger partial charge < -0.3 is 14.6 Å². The molecule has 0 bridgehead atoms. The maximum Gasteiger partial charge on any atom is 0.303 e. The Bertz CT molecular complexity index is 907. The van der Waals surface area contributed by atoms with Gasteiger partial charge in [-0.15, -0.1) is 0 Å². The van der Waals surface area contributed by atoms with E-state index in [1.807, 2.05) is 24.3 Å².